The van der Waals surface area contributed by atoms with Crippen molar-refractivity contribution < 1.29 is 19.4 Å². The summed E-state index contributed by atoms with van der Waals surface area (Å²) in [4.78, 5) is 23.4. The minimum atomic E-state index is -0.423. The molecule has 1 N–H and O–H groups in total. The van der Waals surface area contributed by atoms with E-state index in [9.17, 15) is 14.7 Å². The van der Waals surface area contributed by atoms with E-state index in [1.165, 1.54) is 0 Å². The molecule has 0 aromatic heterocycles. The second-order valence-electron chi connectivity index (χ2n) is 6.07. The number of ketones is 1. The number of carbonyl (C=O) groups excluding carboxylic acids is 2. The fraction of sp³-hybridized carbons (Fsp3) is 0.778. The van der Waals surface area contributed by atoms with Crippen LogP contribution in [0.2, 0.25) is 0 Å². The Morgan fingerprint density at radius 2 is 2.18 bits per heavy atom. The van der Waals surface area contributed by atoms with E-state index in [0.717, 1.165) is 32.1 Å². The van der Waals surface area contributed by atoms with E-state index in [0.29, 0.717) is 25.9 Å². The monoisotopic (exact) mass is 310 g/mol. The molecule has 1 aliphatic rings. The molecule has 4 heteroatoms. The zero-order chi connectivity index (χ0) is 16.4. The van der Waals surface area contributed by atoms with Gasteiger partial charge in [0.15, 0.2) is 0 Å². The van der Waals surface area contributed by atoms with Crippen molar-refractivity contribution in [3.63, 3.8) is 0 Å². The Balaban J connectivity index is 2.43. The van der Waals surface area contributed by atoms with Crippen LogP contribution in [0.5, 0.6) is 0 Å². The van der Waals surface area contributed by atoms with E-state index >= 15 is 0 Å². The quantitative estimate of drug-likeness (QED) is 0.381. The molecule has 1 fully saturated rings. The molecule has 0 heterocycles. The number of allylic oxidation sites excluding steroid dienone is 1. The first-order valence-electron chi connectivity index (χ1n) is 8.63. The third-order valence-corrected chi connectivity index (χ3v) is 4.30. The Hall–Kier alpha value is -1.16. The van der Waals surface area contributed by atoms with Crippen LogP contribution in [-0.2, 0) is 14.3 Å². The molecule has 0 saturated heterocycles. The van der Waals surface area contributed by atoms with E-state index in [1.54, 1.807) is 6.92 Å². The van der Waals surface area contributed by atoms with Crippen molar-refractivity contribution in [1.29, 1.82) is 0 Å². The molecule has 3 atom stereocenters. The average molecular weight is 310 g/mol. The van der Waals surface area contributed by atoms with Gasteiger partial charge in [-0.1, -0.05) is 38.3 Å². The molecular formula is C18H30O4. The van der Waals surface area contributed by atoms with Crippen LogP contribution in [0.1, 0.15) is 65.2 Å². The lowest BCUT2D eigenvalue weighted by Crippen LogP contribution is -2.16. The van der Waals surface area contributed by atoms with Gasteiger partial charge in [0, 0.05) is 18.8 Å². The minimum absolute atomic E-state index is 0.0940. The number of unbranched alkanes of at least 4 members (excludes halogenated alkanes) is 2. The summed E-state index contributed by atoms with van der Waals surface area (Å²) in [5.74, 6) is 0.0650. The standard InChI is InChI=1S/C18H30O4/c1-3-5-6-7-15(19)10-8-14-9-12-17(20)16(14)11-13-18(21)22-4-2/h8,10,14-16,19H,3-7,9,11-13H2,1-2H3/b10-8+/t14-,15?,16-/m0/s1. The fourth-order valence-electron chi connectivity index (χ4n) is 3.02. The molecule has 0 radical (unpaired) electrons. The van der Waals surface area contributed by atoms with Crippen molar-refractivity contribution in [2.24, 2.45) is 11.8 Å². The molecule has 0 spiro atoms. The summed E-state index contributed by atoms with van der Waals surface area (Å²) in [7, 11) is 0. The van der Waals surface area contributed by atoms with Crippen LogP contribution < -0.4 is 0 Å². The SMILES string of the molecule is CCCCCC(O)/C=C/[C@H]1CCC(=O)[C@H]1CCC(=O)OCC. The number of esters is 1. The molecule has 0 aromatic rings. The lowest BCUT2D eigenvalue weighted by atomic mass is 9.90. The number of carbonyl (C=O) groups is 2. The summed E-state index contributed by atoms with van der Waals surface area (Å²) in [6.45, 7) is 4.30. The van der Waals surface area contributed by atoms with Crippen molar-refractivity contribution in [3.8, 4) is 0 Å². The topological polar surface area (TPSA) is 63.6 Å². The average Bonchev–Trinajstić information content (AvgIpc) is 2.84. The molecule has 1 rings (SSSR count). The van der Waals surface area contributed by atoms with Gasteiger partial charge in [-0.25, -0.2) is 0 Å². The smallest absolute Gasteiger partial charge is 0.305 e. The molecule has 0 bridgehead atoms. The molecule has 0 amide bonds. The molecular weight excluding hydrogens is 280 g/mol. The lowest BCUT2D eigenvalue weighted by molar-refractivity contribution is -0.143. The number of hydrogen-bond donors (Lipinski definition) is 1. The van der Waals surface area contributed by atoms with Crippen LogP contribution >= 0.6 is 0 Å². The molecule has 0 aromatic carbocycles. The van der Waals surface area contributed by atoms with Gasteiger partial charge in [0.05, 0.1) is 12.7 Å². The second kappa shape index (κ2) is 10.5. The predicted molar refractivity (Wildman–Crippen MR) is 86.4 cm³/mol. The third kappa shape index (κ3) is 6.73. The van der Waals surface area contributed by atoms with Gasteiger partial charge in [-0.3, -0.25) is 9.59 Å². The lowest BCUT2D eigenvalue weighted by Gasteiger charge is -2.15. The Kier molecular flexibility index (Phi) is 9.05. The summed E-state index contributed by atoms with van der Waals surface area (Å²) in [6, 6.07) is 0. The zero-order valence-corrected chi connectivity index (χ0v) is 13.9. The number of ether oxygens (including phenoxy) is 1. The minimum Gasteiger partial charge on any atom is -0.466 e. The maximum absolute atomic E-state index is 12.0. The highest BCUT2D eigenvalue weighted by Gasteiger charge is 2.33. The summed E-state index contributed by atoms with van der Waals surface area (Å²) >= 11 is 0. The highest BCUT2D eigenvalue weighted by atomic mass is 16.5. The number of aliphatic hydroxyl groups excluding tert-OH is 1. The van der Waals surface area contributed by atoms with Gasteiger partial charge in [0.1, 0.15) is 5.78 Å². The predicted octanol–water partition coefficient (Wildman–Crippen LogP) is 3.42. The second-order valence-corrected chi connectivity index (χ2v) is 6.07. The van der Waals surface area contributed by atoms with Crippen molar-refractivity contribution in [1.82, 2.24) is 0 Å². The molecule has 22 heavy (non-hydrogen) atoms. The molecule has 0 aliphatic heterocycles. The molecule has 1 unspecified atom stereocenters. The Bertz CT molecular complexity index is 375. The van der Waals surface area contributed by atoms with E-state index < -0.39 is 6.10 Å². The van der Waals surface area contributed by atoms with E-state index in [2.05, 4.69) is 6.92 Å². The Morgan fingerprint density at radius 1 is 1.41 bits per heavy atom. The van der Waals surface area contributed by atoms with E-state index in [1.807, 2.05) is 12.2 Å². The van der Waals surface area contributed by atoms with Gasteiger partial charge in [-0.05, 0) is 32.1 Å². The third-order valence-electron chi connectivity index (χ3n) is 4.30. The highest BCUT2D eigenvalue weighted by molar-refractivity contribution is 5.84. The normalized spacial score (nSPS) is 23.1. The first-order valence-corrected chi connectivity index (χ1v) is 8.63. The number of hydrogen-bond acceptors (Lipinski definition) is 4. The van der Waals surface area contributed by atoms with Crippen molar-refractivity contribution in [2.75, 3.05) is 6.61 Å². The number of Topliss-reactive ketones (excluding diaryl/α,β-unsaturated/α-hetero) is 1. The summed E-state index contributed by atoms with van der Waals surface area (Å²) in [6.07, 6.45) is 9.72. The Labute approximate surface area is 133 Å². The number of rotatable bonds is 10. The zero-order valence-electron chi connectivity index (χ0n) is 13.9. The van der Waals surface area contributed by atoms with Gasteiger partial charge in [-0.2, -0.15) is 0 Å². The van der Waals surface area contributed by atoms with Crippen LogP contribution in [0.25, 0.3) is 0 Å². The van der Waals surface area contributed by atoms with E-state index in [4.69, 9.17) is 4.74 Å². The van der Waals surface area contributed by atoms with Crippen LogP contribution in [0, 0.1) is 11.8 Å². The first-order chi connectivity index (χ1) is 10.6. The van der Waals surface area contributed by atoms with Crippen LogP contribution in [0.3, 0.4) is 0 Å². The maximum atomic E-state index is 12.0. The molecule has 4 nitrogen and oxygen atoms in total. The van der Waals surface area contributed by atoms with Crippen molar-refractivity contribution in [3.05, 3.63) is 12.2 Å². The molecule has 1 aliphatic carbocycles. The molecule has 126 valence electrons. The van der Waals surface area contributed by atoms with Crippen LogP contribution in [0.4, 0.5) is 0 Å². The fourth-order valence-corrected chi connectivity index (χ4v) is 3.02. The molecule has 1 saturated carbocycles. The maximum Gasteiger partial charge on any atom is 0.305 e. The van der Waals surface area contributed by atoms with Crippen molar-refractivity contribution >= 4 is 11.8 Å². The van der Waals surface area contributed by atoms with Gasteiger partial charge in [0.25, 0.3) is 0 Å². The Morgan fingerprint density at radius 3 is 2.86 bits per heavy atom. The van der Waals surface area contributed by atoms with Crippen LogP contribution in [-0.4, -0.2) is 29.6 Å². The van der Waals surface area contributed by atoms with Crippen LogP contribution in [0.15, 0.2) is 12.2 Å². The summed E-state index contributed by atoms with van der Waals surface area (Å²) in [5, 5.41) is 9.93. The number of aliphatic hydroxyl groups is 1. The highest BCUT2D eigenvalue weighted by Crippen LogP contribution is 2.33. The summed E-state index contributed by atoms with van der Waals surface area (Å²) < 4.78 is 4.92. The van der Waals surface area contributed by atoms with Gasteiger partial charge < -0.3 is 9.84 Å². The van der Waals surface area contributed by atoms with Gasteiger partial charge in [-0.15, -0.1) is 0 Å². The van der Waals surface area contributed by atoms with E-state index in [-0.39, 0.29) is 23.6 Å². The largest absolute Gasteiger partial charge is 0.466 e. The summed E-state index contributed by atoms with van der Waals surface area (Å²) in [5.41, 5.74) is 0. The first kappa shape index (κ1) is 18.9. The van der Waals surface area contributed by atoms with Crippen molar-refractivity contribution in [2.45, 2.75) is 71.3 Å². The van der Waals surface area contributed by atoms with Gasteiger partial charge in [0.2, 0.25) is 0 Å². The van der Waals surface area contributed by atoms with Gasteiger partial charge >= 0.3 is 5.97 Å².